The maximum absolute atomic E-state index is 11.6. The summed E-state index contributed by atoms with van der Waals surface area (Å²) in [5.74, 6) is 0. The minimum Gasteiger partial charge on any atom is -0.799 e. The fraction of sp³-hybridized carbons (Fsp3) is 1.00. The average molecular weight is 223 g/mol. The Balaban J connectivity index is 4.29. The molecule has 0 saturated heterocycles. The molecular weight excluding hydrogens is 217 g/mol. The van der Waals surface area contributed by atoms with Gasteiger partial charge in [0.05, 0.1) is 13.1 Å². The lowest BCUT2D eigenvalue weighted by Gasteiger charge is -2.40. The summed E-state index contributed by atoms with van der Waals surface area (Å²) >= 11 is 0. The van der Waals surface area contributed by atoms with Gasteiger partial charge in [-0.25, -0.2) is 17.6 Å². The number of rotatable bonds is 5. The predicted molar refractivity (Wildman–Crippen MR) is 31.2 cm³/mol. The first-order valence-corrected chi connectivity index (χ1v) is 4.56. The van der Waals surface area contributed by atoms with Gasteiger partial charge in [-0.1, -0.05) is 0 Å². The van der Waals surface area contributed by atoms with E-state index in [-0.39, 0.29) is 0 Å². The van der Waals surface area contributed by atoms with Gasteiger partial charge in [-0.3, -0.25) is 4.67 Å². The van der Waals surface area contributed by atoms with Crippen molar-refractivity contribution >= 4 is 7.75 Å². The van der Waals surface area contributed by atoms with Crippen LogP contribution < -0.4 is 9.79 Å². The molecule has 0 fully saturated rings. The van der Waals surface area contributed by atoms with E-state index >= 15 is 0 Å². The van der Waals surface area contributed by atoms with Gasteiger partial charge in [0.25, 0.3) is 12.9 Å². The van der Waals surface area contributed by atoms with E-state index in [0.717, 1.165) is 0 Å². The van der Waals surface area contributed by atoms with Crippen molar-refractivity contribution in [3.63, 3.8) is 0 Å². The summed E-state index contributed by atoms with van der Waals surface area (Å²) in [5, 5.41) is 0. The van der Waals surface area contributed by atoms with E-state index in [1.165, 1.54) is 0 Å². The molecule has 0 aromatic carbocycles. The molecule has 9 heteroatoms. The van der Waals surface area contributed by atoms with Crippen molar-refractivity contribution in [2.45, 2.75) is 12.9 Å². The maximum Gasteiger partial charge on any atom is 0.251 e. The molecule has 0 aliphatic heterocycles. The average Bonchev–Trinajstić information content (AvgIpc) is 1.81. The predicted octanol–water partition coefficient (Wildman–Crippen LogP) is -0.353. The largest absolute Gasteiger partial charge is 0.799 e. The summed E-state index contributed by atoms with van der Waals surface area (Å²) in [4.78, 5) is 20.3. The van der Waals surface area contributed by atoms with Gasteiger partial charge in [0.1, 0.15) is 0 Å². The van der Waals surface area contributed by atoms with Gasteiger partial charge < -0.3 is 14.4 Å². The number of alkyl halides is 4. The molecule has 0 aromatic heterocycles. The summed E-state index contributed by atoms with van der Waals surface area (Å²) < 4.78 is 56.0. The highest BCUT2D eigenvalue weighted by Crippen LogP contribution is 2.31. The van der Waals surface area contributed by atoms with Crippen molar-refractivity contribution in [3.05, 3.63) is 0 Å². The Morgan fingerprint density at radius 3 is 1.54 bits per heavy atom. The van der Waals surface area contributed by atoms with E-state index in [0.29, 0.717) is 0 Å². The van der Waals surface area contributed by atoms with E-state index in [9.17, 15) is 31.9 Å². The van der Waals surface area contributed by atoms with Crippen LogP contribution >= 0.6 is 7.75 Å². The zero-order chi connectivity index (χ0) is 10.6. The summed E-state index contributed by atoms with van der Waals surface area (Å²) in [7, 11) is -5.51. The molecule has 0 unspecified atom stereocenters. The Labute approximate surface area is 71.4 Å². The molecule has 13 heavy (non-hydrogen) atoms. The summed E-state index contributed by atoms with van der Waals surface area (Å²) in [6, 6.07) is 0. The molecule has 0 aliphatic carbocycles. The smallest absolute Gasteiger partial charge is 0.251 e. The Hall–Kier alpha value is -0.170. The molecule has 0 atom stereocenters. The molecule has 0 spiro atoms. The highest BCUT2D eigenvalue weighted by molar-refractivity contribution is 7.46. The SMILES string of the molecule is O=P([O-])([O-])N(CC(F)F)CC(F)F. The van der Waals surface area contributed by atoms with E-state index in [1.54, 1.807) is 0 Å². The van der Waals surface area contributed by atoms with E-state index in [1.807, 2.05) is 0 Å². The van der Waals surface area contributed by atoms with E-state index < -0.39 is 38.4 Å². The van der Waals surface area contributed by atoms with Gasteiger partial charge >= 0.3 is 0 Å². The zero-order valence-electron chi connectivity index (χ0n) is 6.20. The Morgan fingerprint density at radius 1 is 1.08 bits per heavy atom. The lowest BCUT2D eigenvalue weighted by Crippen LogP contribution is -2.39. The first-order chi connectivity index (χ1) is 5.73. The molecule has 0 saturated carbocycles. The summed E-state index contributed by atoms with van der Waals surface area (Å²) in [6.45, 7) is -2.98. The lowest BCUT2D eigenvalue weighted by molar-refractivity contribution is -0.330. The standard InChI is InChI=1S/C4H8F4NO3P/c5-3(6)1-9(2-4(7)8)13(10,11)12/h3-4H,1-2H2,(H2,10,11,12)/p-2. The van der Waals surface area contributed by atoms with Gasteiger partial charge in [-0.15, -0.1) is 0 Å². The third-order valence-corrected chi connectivity index (χ3v) is 2.06. The van der Waals surface area contributed by atoms with Crippen molar-refractivity contribution in [3.8, 4) is 0 Å². The second-order valence-corrected chi connectivity index (χ2v) is 3.63. The molecular formula is C4H6F4NO3P-2. The molecule has 0 heterocycles. The number of hydrogen-bond donors (Lipinski definition) is 0. The molecule has 0 rings (SSSR count). The van der Waals surface area contributed by atoms with Gasteiger partial charge in [0.15, 0.2) is 0 Å². The van der Waals surface area contributed by atoms with E-state index in [4.69, 9.17) is 0 Å². The quantitative estimate of drug-likeness (QED) is 0.471. The van der Waals surface area contributed by atoms with Gasteiger partial charge in [0.2, 0.25) is 0 Å². The van der Waals surface area contributed by atoms with Gasteiger partial charge in [0, 0.05) is 7.75 Å². The Kier molecular flexibility index (Phi) is 4.83. The minimum absolute atomic E-state index is 0.470. The molecule has 4 nitrogen and oxygen atoms in total. The first kappa shape index (κ1) is 12.8. The third kappa shape index (κ3) is 5.98. The van der Waals surface area contributed by atoms with Crippen LogP contribution in [-0.4, -0.2) is 30.6 Å². The Morgan fingerprint density at radius 2 is 1.38 bits per heavy atom. The van der Waals surface area contributed by atoms with Gasteiger partial charge in [-0.05, 0) is 0 Å². The molecule has 0 aromatic rings. The van der Waals surface area contributed by atoms with Crippen LogP contribution in [0.5, 0.6) is 0 Å². The monoisotopic (exact) mass is 223 g/mol. The molecule has 0 N–H and O–H groups in total. The van der Waals surface area contributed by atoms with Crippen LogP contribution in [-0.2, 0) is 4.57 Å². The van der Waals surface area contributed by atoms with Crippen LogP contribution in [0.4, 0.5) is 17.6 Å². The van der Waals surface area contributed by atoms with Crippen molar-refractivity contribution in [1.29, 1.82) is 0 Å². The van der Waals surface area contributed by atoms with Crippen LogP contribution in [0.3, 0.4) is 0 Å². The van der Waals surface area contributed by atoms with Crippen LogP contribution in [0.25, 0.3) is 0 Å². The highest BCUT2D eigenvalue weighted by atomic mass is 31.2. The molecule has 0 radical (unpaired) electrons. The van der Waals surface area contributed by atoms with Crippen molar-refractivity contribution in [2.75, 3.05) is 13.1 Å². The summed E-state index contributed by atoms with van der Waals surface area (Å²) in [5.41, 5.74) is 0. The third-order valence-electron chi connectivity index (χ3n) is 1.04. The highest BCUT2D eigenvalue weighted by Gasteiger charge is 2.18. The second kappa shape index (κ2) is 4.90. The fourth-order valence-electron chi connectivity index (χ4n) is 0.593. The van der Waals surface area contributed by atoms with Crippen molar-refractivity contribution in [1.82, 2.24) is 4.67 Å². The molecule has 80 valence electrons. The van der Waals surface area contributed by atoms with Crippen molar-refractivity contribution < 1.29 is 31.9 Å². The van der Waals surface area contributed by atoms with Crippen LogP contribution in [0, 0.1) is 0 Å². The molecule has 0 amide bonds. The van der Waals surface area contributed by atoms with Crippen molar-refractivity contribution in [2.24, 2.45) is 0 Å². The molecule has 0 bridgehead atoms. The first-order valence-electron chi connectivity index (χ1n) is 3.07. The lowest BCUT2D eigenvalue weighted by atomic mass is 10.6. The van der Waals surface area contributed by atoms with Crippen LogP contribution in [0.1, 0.15) is 0 Å². The number of nitrogens with zero attached hydrogens (tertiary/aromatic N) is 1. The summed E-state index contributed by atoms with van der Waals surface area (Å²) in [6.07, 6.45) is -6.29. The normalized spacial score (nSPS) is 13.3. The van der Waals surface area contributed by atoms with Gasteiger partial charge in [-0.2, -0.15) is 0 Å². The topological polar surface area (TPSA) is 66.4 Å². The maximum atomic E-state index is 11.6. The Bertz CT molecular complexity index is 186. The fourth-order valence-corrected chi connectivity index (χ4v) is 1.24. The zero-order valence-corrected chi connectivity index (χ0v) is 7.09. The number of hydrogen-bond acceptors (Lipinski definition) is 3. The molecule has 0 aliphatic rings. The minimum atomic E-state index is -5.51. The number of halogens is 4. The second-order valence-electron chi connectivity index (χ2n) is 2.12. The van der Waals surface area contributed by atoms with E-state index in [2.05, 4.69) is 0 Å². The van der Waals surface area contributed by atoms with Crippen LogP contribution in [0.2, 0.25) is 0 Å². The van der Waals surface area contributed by atoms with Crippen LogP contribution in [0.15, 0.2) is 0 Å².